The molecule has 15 heavy (non-hydrogen) atoms. The van der Waals surface area contributed by atoms with Crippen LogP contribution in [-0.4, -0.2) is 19.7 Å². The van der Waals surface area contributed by atoms with Crippen LogP contribution in [0.1, 0.15) is 0 Å². The zero-order valence-electron chi connectivity index (χ0n) is 8.17. The minimum Gasteiger partial charge on any atom is -0.368 e. The van der Waals surface area contributed by atoms with Gasteiger partial charge < -0.3 is 5.73 Å². The summed E-state index contributed by atoms with van der Waals surface area (Å²) < 4.78 is 1.76. The van der Waals surface area contributed by atoms with Gasteiger partial charge in [0.15, 0.2) is 5.82 Å². The predicted molar refractivity (Wildman–Crippen MR) is 57.9 cm³/mol. The van der Waals surface area contributed by atoms with Crippen LogP contribution in [0.25, 0.3) is 11.5 Å². The van der Waals surface area contributed by atoms with Crippen LogP contribution < -0.4 is 5.73 Å². The highest BCUT2D eigenvalue weighted by Crippen LogP contribution is 2.16. The molecule has 0 spiro atoms. The van der Waals surface area contributed by atoms with Crippen molar-refractivity contribution < 1.29 is 0 Å². The highest BCUT2D eigenvalue weighted by molar-refractivity contribution is 5.51. The number of pyridine rings is 1. The Kier molecular flexibility index (Phi) is 2.45. The molecular weight excluding hydrogens is 190 g/mol. The first-order valence-electron chi connectivity index (χ1n) is 4.54. The molecule has 0 aliphatic carbocycles. The minimum absolute atomic E-state index is 0.371. The summed E-state index contributed by atoms with van der Waals surface area (Å²) in [6.45, 7) is 4.23. The Labute approximate surface area is 87.3 Å². The fourth-order valence-corrected chi connectivity index (χ4v) is 1.31. The van der Waals surface area contributed by atoms with Gasteiger partial charge in [-0.1, -0.05) is 12.1 Å². The Morgan fingerprint density at radius 3 is 2.93 bits per heavy atom. The van der Waals surface area contributed by atoms with Crippen LogP contribution in [0.15, 0.2) is 37.1 Å². The molecule has 2 heterocycles. The summed E-state index contributed by atoms with van der Waals surface area (Å²) in [5.74, 6) is 1.03. The third kappa shape index (κ3) is 1.71. The van der Waals surface area contributed by atoms with E-state index in [0.717, 1.165) is 5.69 Å². The molecule has 76 valence electrons. The molecule has 0 fully saturated rings. The van der Waals surface area contributed by atoms with Gasteiger partial charge in [0.05, 0.1) is 0 Å². The lowest BCUT2D eigenvalue weighted by atomic mass is 10.3. The highest BCUT2D eigenvalue weighted by Gasteiger charge is 2.10. The third-order valence-electron chi connectivity index (χ3n) is 1.99. The summed E-state index contributed by atoms with van der Waals surface area (Å²) in [5.41, 5.74) is 6.43. The van der Waals surface area contributed by atoms with Crippen molar-refractivity contribution >= 4 is 5.95 Å². The van der Waals surface area contributed by atoms with Crippen molar-refractivity contribution in [2.24, 2.45) is 0 Å². The molecule has 2 rings (SSSR count). The molecule has 0 atom stereocenters. The van der Waals surface area contributed by atoms with Crippen LogP contribution in [0.4, 0.5) is 5.95 Å². The summed E-state index contributed by atoms with van der Waals surface area (Å²) in [7, 11) is 0. The number of hydrogen-bond donors (Lipinski definition) is 1. The van der Waals surface area contributed by atoms with Crippen LogP contribution in [0.5, 0.6) is 0 Å². The SMILES string of the molecule is C=CCn1c(N)nnc1-c1ccccn1. The van der Waals surface area contributed by atoms with Gasteiger partial charge in [-0.05, 0) is 12.1 Å². The van der Waals surface area contributed by atoms with E-state index >= 15 is 0 Å². The molecule has 0 amide bonds. The van der Waals surface area contributed by atoms with E-state index < -0.39 is 0 Å². The Bertz CT molecular complexity index is 460. The van der Waals surface area contributed by atoms with E-state index in [1.807, 2.05) is 18.2 Å². The average molecular weight is 201 g/mol. The molecule has 0 unspecified atom stereocenters. The number of aromatic nitrogens is 4. The van der Waals surface area contributed by atoms with Crippen molar-refractivity contribution in [3.8, 4) is 11.5 Å². The van der Waals surface area contributed by atoms with Crippen LogP contribution in [0.3, 0.4) is 0 Å². The molecule has 2 aromatic rings. The topological polar surface area (TPSA) is 69.6 Å². The number of rotatable bonds is 3. The van der Waals surface area contributed by atoms with Gasteiger partial charge in [0, 0.05) is 12.7 Å². The van der Waals surface area contributed by atoms with Crippen molar-refractivity contribution in [1.82, 2.24) is 19.7 Å². The number of anilines is 1. The molecule has 5 nitrogen and oxygen atoms in total. The second kappa shape index (κ2) is 3.91. The van der Waals surface area contributed by atoms with Gasteiger partial charge in [0.1, 0.15) is 5.69 Å². The maximum Gasteiger partial charge on any atom is 0.222 e. The van der Waals surface area contributed by atoms with Gasteiger partial charge >= 0.3 is 0 Å². The molecule has 0 radical (unpaired) electrons. The summed E-state index contributed by atoms with van der Waals surface area (Å²) in [5, 5.41) is 7.80. The summed E-state index contributed by atoms with van der Waals surface area (Å²) >= 11 is 0. The second-order valence-corrected chi connectivity index (χ2v) is 3.00. The van der Waals surface area contributed by atoms with Crippen molar-refractivity contribution in [3.63, 3.8) is 0 Å². The Morgan fingerprint density at radius 1 is 1.40 bits per heavy atom. The summed E-state index contributed by atoms with van der Waals surface area (Å²) in [6, 6.07) is 5.61. The van der Waals surface area contributed by atoms with E-state index in [1.54, 1.807) is 16.8 Å². The molecule has 2 N–H and O–H groups in total. The zero-order valence-corrected chi connectivity index (χ0v) is 8.17. The zero-order chi connectivity index (χ0) is 10.7. The normalized spacial score (nSPS) is 10.1. The minimum atomic E-state index is 0.371. The van der Waals surface area contributed by atoms with Crippen molar-refractivity contribution in [1.29, 1.82) is 0 Å². The molecule has 0 saturated carbocycles. The van der Waals surface area contributed by atoms with E-state index in [1.165, 1.54) is 0 Å². The number of nitrogens with two attached hydrogens (primary N) is 1. The van der Waals surface area contributed by atoms with Crippen LogP contribution >= 0.6 is 0 Å². The monoisotopic (exact) mass is 201 g/mol. The molecule has 0 aromatic carbocycles. The number of hydrogen-bond acceptors (Lipinski definition) is 4. The van der Waals surface area contributed by atoms with Crippen LogP contribution in [-0.2, 0) is 6.54 Å². The van der Waals surface area contributed by atoms with Crippen molar-refractivity contribution in [2.45, 2.75) is 6.54 Å². The van der Waals surface area contributed by atoms with Gasteiger partial charge in [-0.3, -0.25) is 9.55 Å². The van der Waals surface area contributed by atoms with Gasteiger partial charge in [-0.25, -0.2) is 0 Å². The van der Waals surface area contributed by atoms with Crippen LogP contribution in [0, 0.1) is 0 Å². The standard InChI is InChI=1S/C10H11N5/c1-2-7-15-9(13-14-10(15)11)8-5-3-4-6-12-8/h2-6H,1,7H2,(H2,11,14). The van der Waals surface area contributed by atoms with Crippen molar-refractivity contribution in [3.05, 3.63) is 37.1 Å². The Morgan fingerprint density at radius 2 is 2.27 bits per heavy atom. The lowest BCUT2D eigenvalue weighted by Crippen LogP contribution is -2.04. The lowest BCUT2D eigenvalue weighted by molar-refractivity contribution is 0.837. The number of nitrogen functional groups attached to an aromatic ring is 1. The summed E-state index contributed by atoms with van der Waals surface area (Å²) in [6.07, 6.45) is 3.45. The van der Waals surface area contributed by atoms with E-state index in [9.17, 15) is 0 Å². The smallest absolute Gasteiger partial charge is 0.222 e. The second-order valence-electron chi connectivity index (χ2n) is 3.00. The summed E-state index contributed by atoms with van der Waals surface area (Å²) in [4.78, 5) is 4.19. The maximum absolute atomic E-state index is 5.68. The quantitative estimate of drug-likeness (QED) is 0.755. The van der Waals surface area contributed by atoms with Crippen LogP contribution in [0.2, 0.25) is 0 Å². The predicted octanol–water partition coefficient (Wildman–Crippen LogP) is 1.11. The van der Waals surface area contributed by atoms with E-state index in [4.69, 9.17) is 5.73 Å². The van der Waals surface area contributed by atoms with Gasteiger partial charge in [0.2, 0.25) is 5.95 Å². The van der Waals surface area contributed by atoms with Gasteiger partial charge in [0.25, 0.3) is 0 Å². The molecular formula is C10H11N5. The fourth-order valence-electron chi connectivity index (χ4n) is 1.31. The Balaban J connectivity index is 2.49. The first-order chi connectivity index (χ1) is 7.33. The van der Waals surface area contributed by atoms with E-state index in [-0.39, 0.29) is 0 Å². The fraction of sp³-hybridized carbons (Fsp3) is 0.100. The largest absolute Gasteiger partial charge is 0.368 e. The van der Waals surface area contributed by atoms with Crippen molar-refractivity contribution in [2.75, 3.05) is 5.73 Å². The van der Waals surface area contributed by atoms with E-state index in [2.05, 4.69) is 21.8 Å². The number of allylic oxidation sites excluding steroid dienone is 1. The Hall–Kier alpha value is -2.17. The van der Waals surface area contributed by atoms with Gasteiger partial charge in [-0.15, -0.1) is 16.8 Å². The average Bonchev–Trinajstić information content (AvgIpc) is 2.63. The lowest BCUT2D eigenvalue weighted by Gasteiger charge is -2.03. The third-order valence-corrected chi connectivity index (χ3v) is 1.99. The number of nitrogens with zero attached hydrogens (tertiary/aromatic N) is 4. The van der Waals surface area contributed by atoms with E-state index in [0.29, 0.717) is 18.3 Å². The molecule has 0 bridgehead atoms. The molecule has 0 aliphatic rings. The first kappa shape index (κ1) is 9.39. The molecule has 5 heteroatoms. The maximum atomic E-state index is 5.68. The molecule has 0 saturated heterocycles. The van der Waals surface area contributed by atoms with Gasteiger partial charge in [-0.2, -0.15) is 0 Å². The molecule has 0 aliphatic heterocycles. The molecule has 2 aromatic heterocycles. The highest BCUT2D eigenvalue weighted by atomic mass is 15.3. The first-order valence-corrected chi connectivity index (χ1v) is 4.54.